The average Bonchev–Trinajstić information content (AvgIpc) is 2.45. The molecule has 2 aromatic rings. The zero-order valence-electron chi connectivity index (χ0n) is 15.7. The third kappa shape index (κ3) is 3.77. The summed E-state index contributed by atoms with van der Waals surface area (Å²) in [6.45, 7) is 15.5. The number of anilines is 1. The summed E-state index contributed by atoms with van der Waals surface area (Å²) in [4.78, 5) is 0. The highest BCUT2D eigenvalue weighted by atomic mass is 14.6. The van der Waals surface area contributed by atoms with Crippen LogP contribution in [0.25, 0.3) is 0 Å². The summed E-state index contributed by atoms with van der Waals surface area (Å²) in [6, 6.07) is 9.25. The molecule has 2 aromatic carbocycles. The summed E-state index contributed by atoms with van der Waals surface area (Å²) in [5.74, 6) is 1.02. The van der Waals surface area contributed by atoms with Crippen LogP contribution in [0.5, 0.6) is 0 Å². The van der Waals surface area contributed by atoms with E-state index in [0.717, 1.165) is 12.1 Å². The van der Waals surface area contributed by atoms with Crippen LogP contribution < -0.4 is 5.73 Å². The number of rotatable bonds is 4. The van der Waals surface area contributed by atoms with Crippen LogP contribution in [0, 0.1) is 20.8 Å². The number of aryl methyl sites for hydroxylation is 2. The van der Waals surface area contributed by atoms with Gasteiger partial charge in [0.25, 0.3) is 0 Å². The van der Waals surface area contributed by atoms with Crippen molar-refractivity contribution in [3.63, 3.8) is 0 Å². The predicted molar refractivity (Wildman–Crippen MR) is 102 cm³/mol. The Bertz CT molecular complexity index is 647. The van der Waals surface area contributed by atoms with Crippen molar-refractivity contribution in [2.24, 2.45) is 0 Å². The summed E-state index contributed by atoms with van der Waals surface area (Å²) in [5.41, 5.74) is 16.7. The predicted octanol–water partition coefficient (Wildman–Crippen LogP) is 6.03. The molecule has 0 aliphatic carbocycles. The molecular formula is C22H31N. The zero-order chi connectivity index (χ0) is 17.3. The maximum absolute atomic E-state index is 6.25. The Morgan fingerprint density at radius 1 is 0.739 bits per heavy atom. The molecule has 0 fully saturated rings. The lowest BCUT2D eigenvalue weighted by atomic mass is 9.89. The van der Waals surface area contributed by atoms with E-state index in [1.165, 1.54) is 38.9 Å². The Kier molecular flexibility index (Phi) is 5.19. The van der Waals surface area contributed by atoms with Crippen LogP contribution in [-0.4, -0.2) is 0 Å². The highest BCUT2D eigenvalue weighted by Gasteiger charge is 2.11. The molecule has 0 spiro atoms. The van der Waals surface area contributed by atoms with Gasteiger partial charge in [-0.05, 0) is 78.0 Å². The maximum atomic E-state index is 6.25. The van der Waals surface area contributed by atoms with E-state index in [-0.39, 0.29) is 0 Å². The minimum Gasteiger partial charge on any atom is -0.398 e. The van der Waals surface area contributed by atoms with Crippen LogP contribution in [0.3, 0.4) is 0 Å². The van der Waals surface area contributed by atoms with Crippen molar-refractivity contribution in [2.45, 2.75) is 66.7 Å². The fourth-order valence-corrected chi connectivity index (χ4v) is 3.38. The lowest BCUT2D eigenvalue weighted by Crippen LogP contribution is -2.03. The van der Waals surface area contributed by atoms with Gasteiger partial charge in [-0.25, -0.2) is 0 Å². The molecular weight excluding hydrogens is 278 g/mol. The van der Waals surface area contributed by atoms with Crippen LogP contribution in [0.1, 0.15) is 78.5 Å². The fraction of sp³-hybridized carbons (Fsp3) is 0.455. The largest absolute Gasteiger partial charge is 0.398 e. The SMILES string of the molecule is Cc1cc(Cc2cc(C)c(N)c(C(C)C)c2)cc(C(C)C)c1C. The van der Waals surface area contributed by atoms with Crippen molar-refractivity contribution in [1.29, 1.82) is 0 Å². The molecule has 0 saturated heterocycles. The van der Waals surface area contributed by atoms with E-state index in [9.17, 15) is 0 Å². The van der Waals surface area contributed by atoms with Crippen LogP contribution in [0.15, 0.2) is 24.3 Å². The topological polar surface area (TPSA) is 26.0 Å². The van der Waals surface area contributed by atoms with Crippen molar-refractivity contribution < 1.29 is 0 Å². The second-order valence-corrected chi connectivity index (χ2v) is 7.53. The van der Waals surface area contributed by atoms with E-state index in [2.05, 4.69) is 72.7 Å². The van der Waals surface area contributed by atoms with Gasteiger partial charge >= 0.3 is 0 Å². The van der Waals surface area contributed by atoms with E-state index >= 15 is 0 Å². The lowest BCUT2D eigenvalue weighted by molar-refractivity contribution is 0.848. The Hall–Kier alpha value is -1.76. The second kappa shape index (κ2) is 6.78. The molecule has 0 amide bonds. The van der Waals surface area contributed by atoms with E-state index < -0.39 is 0 Å². The van der Waals surface area contributed by atoms with Gasteiger partial charge in [0.1, 0.15) is 0 Å². The van der Waals surface area contributed by atoms with Crippen molar-refractivity contribution in [3.8, 4) is 0 Å². The van der Waals surface area contributed by atoms with E-state index in [1.54, 1.807) is 0 Å². The van der Waals surface area contributed by atoms with Gasteiger partial charge in [0.05, 0.1) is 0 Å². The summed E-state index contributed by atoms with van der Waals surface area (Å²) in [7, 11) is 0. The summed E-state index contributed by atoms with van der Waals surface area (Å²) in [6.07, 6.45) is 0.974. The molecule has 0 bridgehead atoms. The molecule has 0 unspecified atom stereocenters. The first-order valence-corrected chi connectivity index (χ1v) is 8.69. The average molecular weight is 309 g/mol. The molecule has 0 saturated carbocycles. The minimum atomic E-state index is 0.458. The lowest BCUT2D eigenvalue weighted by Gasteiger charge is -2.17. The standard InChI is InChI=1S/C22H31N/c1-13(2)20-11-18(8-15(5)17(20)7)10-19-9-16(6)22(23)21(12-19)14(3)4/h8-9,11-14H,10,23H2,1-7H3. The van der Waals surface area contributed by atoms with Crippen molar-refractivity contribution >= 4 is 5.69 Å². The number of nitrogens with two attached hydrogens (primary N) is 1. The smallest absolute Gasteiger partial charge is 0.0379 e. The zero-order valence-corrected chi connectivity index (χ0v) is 15.7. The van der Waals surface area contributed by atoms with Gasteiger partial charge in [0.2, 0.25) is 0 Å². The molecule has 0 aliphatic rings. The molecule has 0 atom stereocenters. The van der Waals surface area contributed by atoms with E-state index in [4.69, 9.17) is 5.73 Å². The minimum absolute atomic E-state index is 0.458. The Labute approximate surface area is 141 Å². The van der Waals surface area contributed by atoms with Gasteiger partial charge < -0.3 is 5.73 Å². The summed E-state index contributed by atoms with van der Waals surface area (Å²) < 4.78 is 0. The monoisotopic (exact) mass is 309 g/mol. The highest BCUT2D eigenvalue weighted by Crippen LogP contribution is 2.29. The summed E-state index contributed by atoms with van der Waals surface area (Å²) >= 11 is 0. The Balaban J connectivity index is 2.44. The van der Waals surface area contributed by atoms with Gasteiger partial charge in [-0.15, -0.1) is 0 Å². The number of hydrogen-bond donors (Lipinski definition) is 1. The molecule has 0 heterocycles. The van der Waals surface area contributed by atoms with Crippen LogP contribution in [0.2, 0.25) is 0 Å². The molecule has 1 heteroatoms. The van der Waals surface area contributed by atoms with Gasteiger partial charge in [-0.2, -0.15) is 0 Å². The highest BCUT2D eigenvalue weighted by molar-refractivity contribution is 5.57. The fourth-order valence-electron chi connectivity index (χ4n) is 3.38. The van der Waals surface area contributed by atoms with Gasteiger partial charge in [-0.3, -0.25) is 0 Å². The molecule has 1 nitrogen and oxygen atoms in total. The first kappa shape index (κ1) is 17.6. The first-order valence-electron chi connectivity index (χ1n) is 8.69. The van der Waals surface area contributed by atoms with Gasteiger partial charge in [0.15, 0.2) is 0 Å². The Morgan fingerprint density at radius 3 is 1.74 bits per heavy atom. The second-order valence-electron chi connectivity index (χ2n) is 7.53. The molecule has 2 N–H and O–H groups in total. The molecule has 0 aliphatic heterocycles. The number of benzene rings is 2. The van der Waals surface area contributed by atoms with Crippen LogP contribution >= 0.6 is 0 Å². The molecule has 2 rings (SSSR count). The van der Waals surface area contributed by atoms with Gasteiger partial charge in [-0.1, -0.05) is 52.0 Å². The van der Waals surface area contributed by atoms with Crippen molar-refractivity contribution in [1.82, 2.24) is 0 Å². The molecule has 124 valence electrons. The van der Waals surface area contributed by atoms with Crippen molar-refractivity contribution in [2.75, 3.05) is 5.73 Å². The molecule has 23 heavy (non-hydrogen) atoms. The maximum Gasteiger partial charge on any atom is 0.0379 e. The summed E-state index contributed by atoms with van der Waals surface area (Å²) in [5, 5.41) is 0. The van der Waals surface area contributed by atoms with Crippen LogP contribution in [0.4, 0.5) is 5.69 Å². The Morgan fingerprint density at radius 2 is 1.22 bits per heavy atom. The van der Waals surface area contributed by atoms with E-state index in [1.807, 2.05) is 0 Å². The van der Waals surface area contributed by atoms with Crippen LogP contribution in [-0.2, 0) is 6.42 Å². The molecule has 0 radical (unpaired) electrons. The van der Waals surface area contributed by atoms with E-state index in [0.29, 0.717) is 11.8 Å². The quantitative estimate of drug-likeness (QED) is 0.685. The van der Waals surface area contributed by atoms with Crippen molar-refractivity contribution in [3.05, 3.63) is 63.2 Å². The number of hydrogen-bond acceptors (Lipinski definition) is 1. The third-order valence-electron chi connectivity index (χ3n) is 4.90. The van der Waals surface area contributed by atoms with Gasteiger partial charge in [0, 0.05) is 5.69 Å². The first-order chi connectivity index (χ1) is 10.7. The molecule has 0 aromatic heterocycles. The third-order valence-corrected chi connectivity index (χ3v) is 4.90. The normalized spacial score (nSPS) is 11.5. The number of nitrogen functional groups attached to an aromatic ring is 1.